The molecule has 0 aliphatic heterocycles. The molecule has 0 saturated carbocycles. The number of fused-ring (bicyclic) bond motifs is 3. The number of carbonyl (C=O) groups excluding carboxylic acids is 2. The molecule has 4 rings (SSSR count). The zero-order valence-electron chi connectivity index (χ0n) is 15.9. The van der Waals surface area contributed by atoms with Gasteiger partial charge in [-0.25, -0.2) is 0 Å². The third-order valence-corrected chi connectivity index (χ3v) is 5.41. The number of carbonyl (C=O) groups is 2. The van der Waals surface area contributed by atoms with Crippen LogP contribution in [0.5, 0.6) is 5.75 Å². The van der Waals surface area contributed by atoms with Gasteiger partial charge in [0, 0.05) is 21.7 Å². The van der Waals surface area contributed by atoms with E-state index in [0.717, 1.165) is 21.2 Å². The molecule has 6 nitrogen and oxygen atoms in total. The van der Waals surface area contributed by atoms with E-state index in [-0.39, 0.29) is 6.42 Å². The molecule has 0 unspecified atom stereocenters. The number of rotatable bonds is 6. The van der Waals surface area contributed by atoms with Crippen LogP contribution in [0.1, 0.15) is 11.8 Å². The number of anilines is 1. The van der Waals surface area contributed by atoms with E-state index in [2.05, 4.69) is 5.32 Å². The van der Waals surface area contributed by atoms with Crippen molar-refractivity contribution in [2.24, 2.45) is 0 Å². The number of para-hydroxylation sites is 1. The first kappa shape index (κ1) is 19.0. The number of benzene rings is 2. The van der Waals surface area contributed by atoms with Gasteiger partial charge in [0.1, 0.15) is 16.9 Å². The fourth-order valence-electron chi connectivity index (χ4n) is 3.10. The van der Waals surface area contributed by atoms with Crippen LogP contribution in [0.4, 0.5) is 5.69 Å². The van der Waals surface area contributed by atoms with E-state index in [4.69, 9.17) is 13.9 Å². The van der Waals surface area contributed by atoms with Gasteiger partial charge in [0.15, 0.2) is 6.10 Å². The highest BCUT2D eigenvalue weighted by Gasteiger charge is 2.21. The summed E-state index contributed by atoms with van der Waals surface area (Å²) in [6.45, 7) is 1.54. The number of ether oxygens (including phenoxy) is 2. The monoisotopic (exact) mass is 409 g/mol. The molecule has 1 amide bonds. The molecule has 29 heavy (non-hydrogen) atoms. The lowest BCUT2D eigenvalue weighted by molar-refractivity contribution is -0.152. The van der Waals surface area contributed by atoms with Gasteiger partial charge in [-0.15, -0.1) is 11.3 Å². The Balaban J connectivity index is 1.52. The maximum atomic E-state index is 12.6. The molecule has 148 valence electrons. The molecule has 2 aromatic heterocycles. The summed E-state index contributed by atoms with van der Waals surface area (Å²) in [7, 11) is 1.53. The summed E-state index contributed by atoms with van der Waals surface area (Å²) in [5, 5.41) is 6.51. The lowest BCUT2D eigenvalue weighted by Crippen LogP contribution is -2.30. The van der Waals surface area contributed by atoms with Gasteiger partial charge in [0.25, 0.3) is 5.91 Å². The largest absolute Gasteiger partial charge is 0.495 e. The second kappa shape index (κ2) is 7.97. The van der Waals surface area contributed by atoms with Gasteiger partial charge in [-0.1, -0.05) is 24.3 Å². The Morgan fingerprint density at radius 2 is 1.93 bits per heavy atom. The van der Waals surface area contributed by atoms with Gasteiger partial charge in [-0.2, -0.15) is 0 Å². The molecule has 1 atom stereocenters. The summed E-state index contributed by atoms with van der Waals surface area (Å²) in [6.07, 6.45) is -0.803. The molecule has 0 spiro atoms. The van der Waals surface area contributed by atoms with Crippen LogP contribution < -0.4 is 10.1 Å². The predicted molar refractivity (Wildman–Crippen MR) is 112 cm³/mol. The highest BCUT2D eigenvalue weighted by molar-refractivity contribution is 7.10. The first-order chi connectivity index (χ1) is 14.0. The summed E-state index contributed by atoms with van der Waals surface area (Å²) >= 11 is 1.47. The Hall–Kier alpha value is -3.32. The van der Waals surface area contributed by atoms with Crippen LogP contribution in [0.25, 0.3) is 21.9 Å². The number of thiophene rings is 1. The van der Waals surface area contributed by atoms with Gasteiger partial charge >= 0.3 is 5.97 Å². The van der Waals surface area contributed by atoms with Crippen molar-refractivity contribution in [1.29, 1.82) is 0 Å². The smallest absolute Gasteiger partial charge is 0.311 e. The van der Waals surface area contributed by atoms with Crippen LogP contribution in [0.2, 0.25) is 0 Å². The van der Waals surface area contributed by atoms with E-state index in [0.29, 0.717) is 17.0 Å². The number of hydrogen-bond acceptors (Lipinski definition) is 6. The molecule has 7 heteroatoms. The maximum absolute atomic E-state index is 12.6. The molecule has 2 heterocycles. The summed E-state index contributed by atoms with van der Waals surface area (Å²) in [4.78, 5) is 25.5. The molecule has 1 N–H and O–H groups in total. The quantitative estimate of drug-likeness (QED) is 0.464. The number of amides is 1. The average Bonchev–Trinajstić information content (AvgIpc) is 3.34. The minimum atomic E-state index is -0.946. The van der Waals surface area contributed by atoms with Gasteiger partial charge in [-0.05, 0) is 30.5 Å². The third-order valence-electron chi connectivity index (χ3n) is 4.53. The van der Waals surface area contributed by atoms with Gasteiger partial charge in [0.2, 0.25) is 0 Å². The zero-order valence-corrected chi connectivity index (χ0v) is 16.7. The van der Waals surface area contributed by atoms with Crippen molar-refractivity contribution in [2.45, 2.75) is 19.4 Å². The van der Waals surface area contributed by atoms with E-state index in [1.165, 1.54) is 25.4 Å². The molecule has 0 aliphatic carbocycles. The summed E-state index contributed by atoms with van der Waals surface area (Å²) in [5.74, 6) is -0.400. The maximum Gasteiger partial charge on any atom is 0.311 e. The number of methoxy groups -OCH3 is 1. The first-order valence-electron chi connectivity index (χ1n) is 9.07. The fraction of sp³-hybridized carbons (Fsp3) is 0.182. The minimum absolute atomic E-state index is 0.142. The summed E-state index contributed by atoms with van der Waals surface area (Å²) in [6, 6.07) is 14.9. The van der Waals surface area contributed by atoms with Crippen molar-refractivity contribution in [2.75, 3.05) is 12.4 Å². The van der Waals surface area contributed by atoms with Crippen molar-refractivity contribution >= 4 is 50.8 Å². The standard InChI is InChI=1S/C22H19NO5S/c1-13(27-21(24)10-14-6-5-9-29-14)22(25)23-17-12-19-16(11-20(17)26-2)15-7-3-4-8-18(15)28-19/h3-9,11-13H,10H2,1-2H3,(H,23,25)/t13-/m0/s1. The van der Waals surface area contributed by atoms with Crippen LogP contribution in [-0.2, 0) is 20.7 Å². The molecule has 0 aliphatic rings. The zero-order chi connectivity index (χ0) is 20.4. The van der Waals surface area contributed by atoms with Crippen molar-refractivity contribution in [3.05, 3.63) is 58.8 Å². The lowest BCUT2D eigenvalue weighted by atomic mass is 10.1. The number of esters is 1. The highest BCUT2D eigenvalue weighted by Crippen LogP contribution is 2.36. The van der Waals surface area contributed by atoms with Gasteiger partial charge in [-0.3, -0.25) is 9.59 Å². The third kappa shape index (κ3) is 3.95. The van der Waals surface area contributed by atoms with Crippen LogP contribution in [-0.4, -0.2) is 25.1 Å². The number of nitrogens with one attached hydrogen (secondary N) is 1. The number of furan rings is 1. The van der Waals surface area contributed by atoms with E-state index < -0.39 is 18.0 Å². The number of hydrogen-bond donors (Lipinski definition) is 1. The fourth-order valence-corrected chi connectivity index (χ4v) is 3.79. The topological polar surface area (TPSA) is 77.8 Å². The molecule has 0 bridgehead atoms. The van der Waals surface area contributed by atoms with Crippen molar-refractivity contribution in [1.82, 2.24) is 0 Å². The van der Waals surface area contributed by atoms with Crippen molar-refractivity contribution < 1.29 is 23.5 Å². The molecule has 0 saturated heterocycles. The molecule has 0 radical (unpaired) electrons. The predicted octanol–water partition coefficient (Wildman–Crippen LogP) is 4.77. The van der Waals surface area contributed by atoms with Crippen LogP contribution in [0.15, 0.2) is 58.3 Å². The van der Waals surface area contributed by atoms with Crippen LogP contribution in [0, 0.1) is 0 Å². The second-order valence-corrected chi connectivity index (χ2v) is 7.56. The lowest BCUT2D eigenvalue weighted by Gasteiger charge is -2.15. The van der Waals surface area contributed by atoms with Crippen LogP contribution in [0.3, 0.4) is 0 Å². The minimum Gasteiger partial charge on any atom is -0.495 e. The molecular formula is C22H19NO5S. The summed E-state index contributed by atoms with van der Waals surface area (Å²) in [5.41, 5.74) is 1.83. The summed E-state index contributed by atoms with van der Waals surface area (Å²) < 4.78 is 16.6. The normalized spacial score (nSPS) is 12.1. The first-order valence-corrected chi connectivity index (χ1v) is 9.95. The van der Waals surface area contributed by atoms with Gasteiger partial charge < -0.3 is 19.2 Å². The molecule has 0 fully saturated rings. The Labute approximate surface area is 171 Å². The van der Waals surface area contributed by atoms with Crippen molar-refractivity contribution in [3.8, 4) is 5.75 Å². The molecular weight excluding hydrogens is 390 g/mol. The Bertz CT molecular complexity index is 1180. The van der Waals surface area contributed by atoms with Crippen LogP contribution >= 0.6 is 11.3 Å². The molecule has 2 aromatic carbocycles. The van der Waals surface area contributed by atoms with E-state index >= 15 is 0 Å². The Morgan fingerprint density at radius 1 is 1.10 bits per heavy atom. The van der Waals surface area contributed by atoms with Gasteiger partial charge in [0.05, 0.1) is 19.2 Å². The average molecular weight is 409 g/mol. The van der Waals surface area contributed by atoms with Crippen molar-refractivity contribution in [3.63, 3.8) is 0 Å². The Kier molecular flexibility index (Phi) is 5.22. The highest BCUT2D eigenvalue weighted by atomic mass is 32.1. The van der Waals surface area contributed by atoms with E-state index in [9.17, 15) is 9.59 Å². The van der Waals surface area contributed by atoms with E-state index in [1.54, 1.807) is 6.07 Å². The SMILES string of the molecule is COc1cc2c(cc1NC(=O)[C@H](C)OC(=O)Cc1cccs1)oc1ccccc12. The Morgan fingerprint density at radius 3 is 2.69 bits per heavy atom. The van der Waals surface area contributed by atoms with E-state index in [1.807, 2.05) is 47.8 Å². The molecule has 4 aromatic rings. The second-order valence-electron chi connectivity index (χ2n) is 6.52.